The number of aryl methyl sites for hydroxylation is 2. The fourth-order valence-electron chi connectivity index (χ4n) is 1.80. The summed E-state index contributed by atoms with van der Waals surface area (Å²) in [5.74, 6) is -0.171. The Morgan fingerprint density at radius 3 is 2.79 bits per heavy atom. The molecule has 0 saturated heterocycles. The molecular weight excluding hydrogens is 260 g/mol. The van der Waals surface area contributed by atoms with E-state index < -0.39 is 5.97 Å². The number of hydrogen-bond acceptors (Lipinski definition) is 3. The summed E-state index contributed by atoms with van der Waals surface area (Å²) in [5, 5.41) is 13.5. The molecule has 0 amide bonds. The monoisotopic (exact) mass is 276 g/mol. The highest BCUT2D eigenvalue weighted by molar-refractivity contribution is 7.98. The standard InChI is InChI=1S/C14H16N2O2S/c1-3-10-8-11(16(2)15-10)9-19-13-7-5-4-6-12(13)14(17)18/h4-8H,3,9H2,1-2H3,(H,17,18). The molecule has 0 aliphatic carbocycles. The Balaban J connectivity index is 2.14. The predicted molar refractivity (Wildman–Crippen MR) is 75.5 cm³/mol. The van der Waals surface area contributed by atoms with Crippen LogP contribution in [0.15, 0.2) is 35.2 Å². The van der Waals surface area contributed by atoms with Gasteiger partial charge in [0.1, 0.15) is 0 Å². The Kier molecular flexibility index (Phi) is 4.27. The summed E-state index contributed by atoms with van der Waals surface area (Å²) in [5.41, 5.74) is 2.51. The van der Waals surface area contributed by atoms with E-state index in [9.17, 15) is 4.79 Å². The van der Waals surface area contributed by atoms with Gasteiger partial charge in [-0.1, -0.05) is 19.1 Å². The number of carboxylic acid groups (broad SMARTS) is 1. The van der Waals surface area contributed by atoms with Crippen LogP contribution in [0.5, 0.6) is 0 Å². The van der Waals surface area contributed by atoms with Gasteiger partial charge < -0.3 is 5.11 Å². The molecular formula is C14H16N2O2S. The van der Waals surface area contributed by atoms with E-state index in [1.165, 1.54) is 11.8 Å². The number of carboxylic acids is 1. The Morgan fingerprint density at radius 2 is 2.16 bits per heavy atom. The highest BCUT2D eigenvalue weighted by Crippen LogP contribution is 2.26. The maximum absolute atomic E-state index is 11.1. The van der Waals surface area contributed by atoms with Gasteiger partial charge in [-0.25, -0.2) is 4.79 Å². The van der Waals surface area contributed by atoms with Crippen molar-refractivity contribution < 1.29 is 9.90 Å². The second kappa shape index (κ2) is 5.93. The highest BCUT2D eigenvalue weighted by atomic mass is 32.2. The summed E-state index contributed by atoms with van der Waals surface area (Å²) in [6.07, 6.45) is 0.907. The second-order valence-electron chi connectivity index (χ2n) is 4.19. The van der Waals surface area contributed by atoms with Gasteiger partial charge in [0.15, 0.2) is 0 Å². The quantitative estimate of drug-likeness (QED) is 0.853. The van der Waals surface area contributed by atoms with E-state index in [1.807, 2.05) is 23.9 Å². The number of carbonyl (C=O) groups is 1. The van der Waals surface area contributed by atoms with Crippen molar-refractivity contribution in [3.05, 3.63) is 47.3 Å². The molecule has 1 heterocycles. The summed E-state index contributed by atoms with van der Waals surface area (Å²) < 4.78 is 1.86. The third-order valence-electron chi connectivity index (χ3n) is 2.88. The topological polar surface area (TPSA) is 55.1 Å². The second-order valence-corrected chi connectivity index (χ2v) is 5.21. The molecule has 1 aromatic heterocycles. The van der Waals surface area contributed by atoms with Crippen molar-refractivity contribution in [1.82, 2.24) is 9.78 Å². The average Bonchev–Trinajstić information content (AvgIpc) is 2.77. The summed E-state index contributed by atoms with van der Waals surface area (Å²) >= 11 is 1.52. The predicted octanol–water partition coefficient (Wildman–Crippen LogP) is 2.97. The average molecular weight is 276 g/mol. The lowest BCUT2D eigenvalue weighted by atomic mass is 10.2. The normalized spacial score (nSPS) is 10.6. The molecule has 0 aliphatic rings. The number of rotatable bonds is 5. The number of aromatic carboxylic acids is 1. The summed E-state index contributed by atoms with van der Waals surface area (Å²) in [6.45, 7) is 2.07. The van der Waals surface area contributed by atoms with Crippen LogP contribution in [0.2, 0.25) is 0 Å². The first-order chi connectivity index (χ1) is 9.11. The van der Waals surface area contributed by atoms with Crippen LogP contribution in [-0.2, 0) is 19.2 Å². The fourth-order valence-corrected chi connectivity index (χ4v) is 2.86. The Bertz CT molecular complexity index is 593. The molecule has 0 saturated carbocycles. The molecule has 0 aliphatic heterocycles. The van der Waals surface area contributed by atoms with Crippen LogP contribution in [0.25, 0.3) is 0 Å². The first-order valence-electron chi connectivity index (χ1n) is 6.08. The van der Waals surface area contributed by atoms with Crippen molar-refractivity contribution in [2.24, 2.45) is 7.05 Å². The third-order valence-corrected chi connectivity index (χ3v) is 3.99. The smallest absolute Gasteiger partial charge is 0.336 e. The van der Waals surface area contributed by atoms with Gasteiger partial charge in [-0.05, 0) is 24.6 Å². The molecule has 0 fully saturated rings. The van der Waals surface area contributed by atoms with Gasteiger partial charge in [0.2, 0.25) is 0 Å². The fraction of sp³-hybridized carbons (Fsp3) is 0.286. The van der Waals surface area contributed by atoms with Gasteiger partial charge in [0.25, 0.3) is 0 Å². The first-order valence-corrected chi connectivity index (χ1v) is 7.07. The molecule has 19 heavy (non-hydrogen) atoms. The molecule has 0 unspecified atom stereocenters. The van der Waals surface area contributed by atoms with Gasteiger partial charge >= 0.3 is 5.97 Å². The van der Waals surface area contributed by atoms with Gasteiger partial charge in [-0.3, -0.25) is 4.68 Å². The summed E-state index contributed by atoms with van der Waals surface area (Å²) in [6, 6.07) is 9.13. The van der Waals surface area contributed by atoms with Gasteiger partial charge in [-0.15, -0.1) is 11.8 Å². The molecule has 0 bridgehead atoms. The number of thioether (sulfide) groups is 1. The molecule has 1 N–H and O–H groups in total. The highest BCUT2D eigenvalue weighted by Gasteiger charge is 2.11. The Labute approximate surface area is 116 Å². The number of aromatic nitrogens is 2. The van der Waals surface area contributed by atoms with Crippen LogP contribution in [0.4, 0.5) is 0 Å². The molecule has 0 atom stereocenters. The molecule has 100 valence electrons. The Hall–Kier alpha value is -1.75. The van der Waals surface area contributed by atoms with E-state index in [4.69, 9.17) is 5.11 Å². The summed E-state index contributed by atoms with van der Waals surface area (Å²) in [4.78, 5) is 11.9. The van der Waals surface area contributed by atoms with Gasteiger partial charge in [-0.2, -0.15) is 5.10 Å². The molecule has 0 radical (unpaired) electrons. The van der Waals surface area contributed by atoms with Crippen molar-refractivity contribution in [3.8, 4) is 0 Å². The maximum Gasteiger partial charge on any atom is 0.336 e. The lowest BCUT2D eigenvalue weighted by Gasteiger charge is -2.05. The molecule has 4 nitrogen and oxygen atoms in total. The largest absolute Gasteiger partial charge is 0.478 e. The number of benzene rings is 1. The van der Waals surface area contributed by atoms with Crippen molar-refractivity contribution in [1.29, 1.82) is 0 Å². The lowest BCUT2D eigenvalue weighted by Crippen LogP contribution is -2.00. The van der Waals surface area contributed by atoms with E-state index in [-0.39, 0.29) is 0 Å². The van der Waals surface area contributed by atoms with E-state index in [0.717, 1.165) is 22.7 Å². The minimum atomic E-state index is -0.887. The zero-order chi connectivity index (χ0) is 13.8. The van der Waals surface area contributed by atoms with Crippen LogP contribution in [-0.4, -0.2) is 20.9 Å². The first kappa shape index (κ1) is 13.7. The van der Waals surface area contributed by atoms with E-state index >= 15 is 0 Å². The molecule has 2 aromatic rings. The lowest BCUT2D eigenvalue weighted by molar-refractivity contribution is 0.0693. The van der Waals surface area contributed by atoms with Crippen LogP contribution in [0.1, 0.15) is 28.7 Å². The molecule has 2 rings (SSSR count). The molecule has 0 spiro atoms. The summed E-state index contributed by atoms with van der Waals surface area (Å²) in [7, 11) is 1.91. The number of nitrogens with zero attached hydrogens (tertiary/aromatic N) is 2. The minimum Gasteiger partial charge on any atom is -0.478 e. The zero-order valence-corrected chi connectivity index (χ0v) is 11.8. The number of hydrogen-bond donors (Lipinski definition) is 1. The minimum absolute atomic E-state index is 0.352. The molecule has 1 aromatic carbocycles. The maximum atomic E-state index is 11.1. The molecule has 5 heteroatoms. The van der Waals surface area contributed by atoms with Gasteiger partial charge in [0, 0.05) is 23.4 Å². The van der Waals surface area contributed by atoms with Crippen molar-refractivity contribution in [3.63, 3.8) is 0 Å². The van der Waals surface area contributed by atoms with Crippen LogP contribution < -0.4 is 0 Å². The van der Waals surface area contributed by atoms with Crippen molar-refractivity contribution in [2.75, 3.05) is 0 Å². The van der Waals surface area contributed by atoms with E-state index in [2.05, 4.69) is 18.1 Å². The van der Waals surface area contributed by atoms with E-state index in [0.29, 0.717) is 11.3 Å². The van der Waals surface area contributed by atoms with E-state index in [1.54, 1.807) is 12.1 Å². The van der Waals surface area contributed by atoms with Crippen LogP contribution >= 0.6 is 11.8 Å². The Morgan fingerprint density at radius 1 is 1.42 bits per heavy atom. The SMILES string of the molecule is CCc1cc(CSc2ccccc2C(=O)O)n(C)n1. The van der Waals surface area contributed by atoms with Crippen LogP contribution in [0, 0.1) is 0 Å². The van der Waals surface area contributed by atoms with Crippen LogP contribution in [0.3, 0.4) is 0 Å². The zero-order valence-electron chi connectivity index (χ0n) is 11.0. The van der Waals surface area contributed by atoms with Crippen molar-refractivity contribution >= 4 is 17.7 Å². The third kappa shape index (κ3) is 3.17. The van der Waals surface area contributed by atoms with Crippen molar-refractivity contribution in [2.45, 2.75) is 24.0 Å². The van der Waals surface area contributed by atoms with Gasteiger partial charge in [0.05, 0.1) is 11.3 Å².